The van der Waals surface area contributed by atoms with Crippen LogP contribution in [0.4, 0.5) is 0 Å². The number of benzene rings is 1. The molecule has 0 bridgehead atoms. The average Bonchev–Trinajstić information content (AvgIpc) is 2.46. The summed E-state index contributed by atoms with van der Waals surface area (Å²) in [4.78, 5) is 16.8. The van der Waals surface area contributed by atoms with Crippen LogP contribution < -0.4 is 0 Å². The highest BCUT2D eigenvalue weighted by atomic mass is 79.9. The predicted octanol–water partition coefficient (Wildman–Crippen LogP) is 2.75. The lowest BCUT2D eigenvalue weighted by Crippen LogP contribution is -2.53. The Morgan fingerprint density at radius 1 is 1.32 bits per heavy atom. The Morgan fingerprint density at radius 2 is 2.00 bits per heavy atom. The van der Waals surface area contributed by atoms with Gasteiger partial charge in [-0.2, -0.15) is 0 Å². The zero-order chi connectivity index (χ0) is 13.8. The Morgan fingerprint density at radius 3 is 2.53 bits per heavy atom. The van der Waals surface area contributed by atoms with Crippen LogP contribution in [-0.2, 0) is 5.33 Å². The lowest BCUT2D eigenvalue weighted by molar-refractivity contribution is 0.0528. The third-order valence-electron chi connectivity index (χ3n) is 3.81. The Bertz CT molecular complexity index is 432. The van der Waals surface area contributed by atoms with Gasteiger partial charge in [-0.25, -0.2) is 0 Å². The van der Waals surface area contributed by atoms with Gasteiger partial charge in [-0.3, -0.25) is 9.69 Å². The van der Waals surface area contributed by atoms with Crippen molar-refractivity contribution in [3.63, 3.8) is 0 Å². The molecule has 0 spiro atoms. The molecule has 1 saturated heterocycles. The number of carbonyl (C=O) groups is 1. The van der Waals surface area contributed by atoms with E-state index < -0.39 is 0 Å². The second kappa shape index (κ2) is 6.53. The first-order valence-corrected chi connectivity index (χ1v) is 7.96. The number of alkyl halides is 1. The largest absolute Gasteiger partial charge is 0.336 e. The molecule has 104 valence electrons. The van der Waals surface area contributed by atoms with E-state index in [0.29, 0.717) is 6.04 Å². The van der Waals surface area contributed by atoms with Crippen molar-refractivity contribution in [1.29, 1.82) is 0 Å². The van der Waals surface area contributed by atoms with Gasteiger partial charge in [0.1, 0.15) is 0 Å². The van der Waals surface area contributed by atoms with E-state index in [1.807, 2.05) is 29.2 Å². The quantitative estimate of drug-likeness (QED) is 0.798. The summed E-state index contributed by atoms with van der Waals surface area (Å²) in [6.45, 7) is 8.06. The second-order valence-electron chi connectivity index (χ2n) is 5.06. The summed E-state index contributed by atoms with van der Waals surface area (Å²) in [6, 6.07) is 8.32. The molecule has 1 heterocycles. The predicted molar refractivity (Wildman–Crippen MR) is 81.7 cm³/mol. The zero-order valence-corrected chi connectivity index (χ0v) is 13.2. The minimum Gasteiger partial charge on any atom is -0.336 e. The lowest BCUT2D eigenvalue weighted by atomic mass is 10.1. The minimum absolute atomic E-state index is 0.156. The number of piperazine rings is 1. The summed E-state index contributed by atoms with van der Waals surface area (Å²) in [7, 11) is 0. The average molecular weight is 325 g/mol. The highest BCUT2D eigenvalue weighted by Gasteiger charge is 2.26. The van der Waals surface area contributed by atoms with Crippen molar-refractivity contribution < 1.29 is 4.79 Å². The molecule has 1 aromatic rings. The van der Waals surface area contributed by atoms with E-state index in [9.17, 15) is 4.79 Å². The molecular weight excluding hydrogens is 304 g/mol. The van der Waals surface area contributed by atoms with Crippen molar-refractivity contribution in [2.24, 2.45) is 0 Å². The lowest BCUT2D eigenvalue weighted by Gasteiger charge is -2.39. The molecule has 2 rings (SSSR count). The molecule has 1 aliphatic heterocycles. The van der Waals surface area contributed by atoms with Gasteiger partial charge in [0.05, 0.1) is 0 Å². The number of amides is 1. The van der Waals surface area contributed by atoms with Crippen LogP contribution in [0.25, 0.3) is 0 Å². The van der Waals surface area contributed by atoms with Crippen LogP contribution in [0.5, 0.6) is 0 Å². The Hall–Kier alpha value is -0.870. The van der Waals surface area contributed by atoms with E-state index in [4.69, 9.17) is 0 Å². The van der Waals surface area contributed by atoms with E-state index in [2.05, 4.69) is 34.7 Å². The molecule has 4 heteroatoms. The molecule has 0 radical (unpaired) electrons. The Balaban J connectivity index is 2.03. The molecule has 1 atom stereocenters. The Kier molecular flexibility index (Phi) is 4.99. The summed E-state index contributed by atoms with van der Waals surface area (Å²) in [6.07, 6.45) is 0. The van der Waals surface area contributed by atoms with E-state index in [-0.39, 0.29) is 5.91 Å². The molecule has 1 unspecified atom stereocenters. The van der Waals surface area contributed by atoms with Gasteiger partial charge in [0.2, 0.25) is 0 Å². The zero-order valence-electron chi connectivity index (χ0n) is 11.6. The van der Waals surface area contributed by atoms with Gasteiger partial charge < -0.3 is 4.90 Å². The fraction of sp³-hybridized carbons (Fsp3) is 0.533. The highest BCUT2D eigenvalue weighted by molar-refractivity contribution is 9.08. The number of hydrogen-bond acceptors (Lipinski definition) is 2. The third-order valence-corrected chi connectivity index (χ3v) is 4.46. The van der Waals surface area contributed by atoms with Gasteiger partial charge >= 0.3 is 0 Å². The molecular formula is C15H21BrN2O. The molecule has 1 aliphatic rings. The Labute approximate surface area is 123 Å². The van der Waals surface area contributed by atoms with Crippen molar-refractivity contribution in [2.45, 2.75) is 25.2 Å². The summed E-state index contributed by atoms with van der Waals surface area (Å²) < 4.78 is 0. The van der Waals surface area contributed by atoms with E-state index in [0.717, 1.165) is 37.1 Å². The van der Waals surface area contributed by atoms with Crippen LogP contribution in [0, 0.1) is 0 Å². The maximum Gasteiger partial charge on any atom is 0.253 e. The van der Waals surface area contributed by atoms with Crippen LogP contribution in [0.3, 0.4) is 0 Å². The van der Waals surface area contributed by atoms with Crippen molar-refractivity contribution in [1.82, 2.24) is 9.80 Å². The number of carbonyl (C=O) groups excluding carboxylic acids is 1. The second-order valence-corrected chi connectivity index (χ2v) is 5.62. The monoisotopic (exact) mass is 324 g/mol. The smallest absolute Gasteiger partial charge is 0.253 e. The van der Waals surface area contributed by atoms with Gasteiger partial charge in [-0.15, -0.1) is 0 Å². The van der Waals surface area contributed by atoms with Crippen LogP contribution >= 0.6 is 15.9 Å². The summed E-state index contributed by atoms with van der Waals surface area (Å²) in [5.41, 5.74) is 1.99. The van der Waals surface area contributed by atoms with E-state index in [1.165, 1.54) is 5.56 Å². The summed E-state index contributed by atoms with van der Waals surface area (Å²) in [5.74, 6) is 0.156. The molecule has 0 N–H and O–H groups in total. The maximum absolute atomic E-state index is 12.4. The summed E-state index contributed by atoms with van der Waals surface area (Å²) in [5, 5.41) is 0.827. The number of hydrogen-bond donors (Lipinski definition) is 0. The van der Waals surface area contributed by atoms with Crippen LogP contribution in [0.15, 0.2) is 24.3 Å². The topological polar surface area (TPSA) is 23.6 Å². The van der Waals surface area contributed by atoms with Gasteiger partial charge in [0, 0.05) is 36.6 Å². The van der Waals surface area contributed by atoms with Gasteiger partial charge in [0.25, 0.3) is 5.91 Å². The molecule has 0 saturated carbocycles. The van der Waals surface area contributed by atoms with Gasteiger partial charge in [0.15, 0.2) is 0 Å². The molecule has 1 fully saturated rings. The molecule has 19 heavy (non-hydrogen) atoms. The highest BCUT2D eigenvalue weighted by Crippen LogP contribution is 2.14. The normalized spacial score (nSPS) is 20.6. The van der Waals surface area contributed by atoms with Crippen LogP contribution in [0.1, 0.15) is 29.8 Å². The number of nitrogens with zero attached hydrogens (tertiary/aromatic N) is 2. The van der Waals surface area contributed by atoms with Gasteiger partial charge in [-0.1, -0.05) is 35.0 Å². The van der Waals surface area contributed by atoms with Crippen LogP contribution in [-0.4, -0.2) is 47.9 Å². The number of halogens is 1. The van der Waals surface area contributed by atoms with Crippen molar-refractivity contribution in [2.75, 3.05) is 26.2 Å². The maximum atomic E-state index is 12.4. The first-order chi connectivity index (χ1) is 9.15. The van der Waals surface area contributed by atoms with Crippen molar-refractivity contribution >= 4 is 21.8 Å². The molecule has 0 aliphatic carbocycles. The van der Waals surface area contributed by atoms with E-state index in [1.54, 1.807) is 0 Å². The molecule has 0 aromatic heterocycles. The minimum atomic E-state index is 0.156. The fourth-order valence-corrected chi connectivity index (χ4v) is 2.94. The van der Waals surface area contributed by atoms with Gasteiger partial charge in [-0.05, 0) is 31.2 Å². The fourth-order valence-electron chi connectivity index (χ4n) is 2.57. The third kappa shape index (κ3) is 3.37. The standard InChI is InChI=1S/C15H21BrN2O/c1-3-17-8-9-18(11-12(17)2)15(19)14-6-4-13(10-16)5-7-14/h4-7,12H,3,8-11H2,1-2H3. The number of rotatable bonds is 3. The van der Waals surface area contributed by atoms with Crippen LogP contribution in [0.2, 0.25) is 0 Å². The first-order valence-electron chi connectivity index (χ1n) is 6.84. The van der Waals surface area contributed by atoms with Crippen molar-refractivity contribution in [3.05, 3.63) is 35.4 Å². The number of likely N-dealkylation sites (N-methyl/N-ethyl adjacent to an activating group) is 1. The molecule has 1 amide bonds. The molecule has 1 aromatic carbocycles. The SMILES string of the molecule is CCN1CCN(C(=O)c2ccc(CBr)cc2)CC1C. The first kappa shape index (κ1) is 14.5. The van der Waals surface area contributed by atoms with Crippen molar-refractivity contribution in [3.8, 4) is 0 Å². The molecule has 3 nitrogen and oxygen atoms in total. The van der Waals surface area contributed by atoms with E-state index >= 15 is 0 Å². The summed E-state index contributed by atoms with van der Waals surface area (Å²) >= 11 is 3.42.